The first-order valence-corrected chi connectivity index (χ1v) is 8.02. The van der Waals surface area contributed by atoms with Crippen LogP contribution in [0.25, 0.3) is 11.0 Å². The summed E-state index contributed by atoms with van der Waals surface area (Å²) in [6.45, 7) is 5.43. The van der Waals surface area contributed by atoms with Crippen molar-refractivity contribution in [1.82, 2.24) is 0 Å². The van der Waals surface area contributed by atoms with Crippen molar-refractivity contribution >= 4 is 11.0 Å². The topological polar surface area (TPSA) is 34.7 Å². The molecule has 0 bridgehead atoms. The molecule has 0 saturated carbocycles. The fourth-order valence-corrected chi connectivity index (χ4v) is 3.01. The molecule has 1 unspecified atom stereocenters. The molecule has 24 heavy (non-hydrogen) atoms. The predicted molar refractivity (Wildman–Crippen MR) is 92.7 cm³/mol. The Morgan fingerprint density at radius 1 is 1.04 bits per heavy atom. The molecule has 1 atom stereocenters. The van der Waals surface area contributed by atoms with Gasteiger partial charge in [0, 0.05) is 22.6 Å². The molecule has 1 aromatic heterocycles. The van der Waals surface area contributed by atoms with Crippen molar-refractivity contribution in [3.05, 3.63) is 81.0 Å². The third-order valence-corrected chi connectivity index (χ3v) is 4.43. The van der Waals surface area contributed by atoms with Crippen molar-refractivity contribution in [3.8, 4) is 0 Å². The van der Waals surface area contributed by atoms with Crippen molar-refractivity contribution in [1.29, 1.82) is 0 Å². The zero-order valence-corrected chi connectivity index (χ0v) is 14.2. The number of nitrogens with one attached hydrogen (secondary N) is 1. The van der Waals surface area contributed by atoms with Crippen molar-refractivity contribution in [2.24, 2.45) is 0 Å². The Morgan fingerprint density at radius 3 is 2.46 bits per heavy atom. The molecule has 2 aromatic carbocycles. The maximum atomic E-state index is 13.0. The second kappa shape index (κ2) is 6.57. The predicted octanol–water partition coefficient (Wildman–Crippen LogP) is 2.76. The van der Waals surface area contributed by atoms with Gasteiger partial charge in [0.05, 0.1) is 7.05 Å². The SMILES string of the molecule is Cc1ccc2c(C[NH+](C)Cc3ccc(F)cc3)cc(=O)oc2c1C. The van der Waals surface area contributed by atoms with Gasteiger partial charge in [0.1, 0.15) is 24.5 Å². The van der Waals surface area contributed by atoms with E-state index in [2.05, 4.69) is 13.1 Å². The molecule has 0 amide bonds. The summed E-state index contributed by atoms with van der Waals surface area (Å²) in [5, 5.41) is 0.983. The van der Waals surface area contributed by atoms with Gasteiger partial charge in [-0.05, 0) is 37.1 Å². The average molecular weight is 326 g/mol. The Labute approximate surface area is 140 Å². The molecule has 1 heterocycles. The van der Waals surface area contributed by atoms with Gasteiger partial charge in [-0.3, -0.25) is 0 Å². The number of hydrogen-bond acceptors (Lipinski definition) is 2. The summed E-state index contributed by atoms with van der Waals surface area (Å²) in [7, 11) is 2.06. The van der Waals surface area contributed by atoms with Crippen LogP contribution >= 0.6 is 0 Å². The molecule has 0 aliphatic carbocycles. The lowest BCUT2D eigenvalue weighted by Crippen LogP contribution is -3.06. The number of aryl methyl sites for hydroxylation is 2. The molecule has 0 fully saturated rings. The molecule has 3 nitrogen and oxygen atoms in total. The summed E-state index contributed by atoms with van der Waals surface area (Å²) in [6, 6.07) is 12.2. The zero-order chi connectivity index (χ0) is 17.3. The summed E-state index contributed by atoms with van der Waals surface area (Å²) in [4.78, 5) is 13.1. The number of hydrogen-bond donors (Lipinski definition) is 1. The van der Waals surface area contributed by atoms with Crippen LogP contribution in [0, 0.1) is 19.7 Å². The molecule has 1 N–H and O–H groups in total. The Bertz CT molecular complexity index is 929. The highest BCUT2D eigenvalue weighted by atomic mass is 19.1. The van der Waals surface area contributed by atoms with Crippen LogP contribution in [0.5, 0.6) is 0 Å². The third-order valence-electron chi connectivity index (χ3n) is 4.43. The Morgan fingerprint density at radius 2 is 1.75 bits per heavy atom. The largest absolute Gasteiger partial charge is 0.422 e. The second-order valence-corrected chi connectivity index (χ2v) is 6.41. The van der Waals surface area contributed by atoms with Gasteiger partial charge in [0.15, 0.2) is 0 Å². The Balaban J connectivity index is 1.90. The van der Waals surface area contributed by atoms with Crippen LogP contribution in [-0.2, 0) is 13.1 Å². The zero-order valence-electron chi connectivity index (χ0n) is 14.2. The van der Waals surface area contributed by atoms with Crippen LogP contribution in [0.1, 0.15) is 22.3 Å². The second-order valence-electron chi connectivity index (χ2n) is 6.41. The van der Waals surface area contributed by atoms with E-state index in [1.54, 1.807) is 18.2 Å². The molecular weight excluding hydrogens is 305 g/mol. The molecule has 0 spiro atoms. The normalized spacial score (nSPS) is 12.5. The standard InChI is InChI=1S/C20H20FNO2/c1-13-4-9-18-16(10-19(23)24-20(18)14(13)2)12-22(3)11-15-5-7-17(21)8-6-15/h4-10H,11-12H2,1-3H3/p+1. The number of quaternary nitrogens is 1. The summed E-state index contributed by atoms with van der Waals surface area (Å²) in [5.41, 5.74) is 4.50. The van der Waals surface area contributed by atoms with E-state index >= 15 is 0 Å². The molecule has 4 heteroatoms. The summed E-state index contributed by atoms with van der Waals surface area (Å²) >= 11 is 0. The molecule has 0 saturated heterocycles. The molecule has 0 aliphatic heterocycles. The van der Waals surface area contributed by atoms with Gasteiger partial charge in [-0.15, -0.1) is 0 Å². The van der Waals surface area contributed by atoms with Crippen LogP contribution in [0.2, 0.25) is 0 Å². The van der Waals surface area contributed by atoms with Gasteiger partial charge in [0.25, 0.3) is 0 Å². The minimum Gasteiger partial charge on any atom is -0.422 e. The smallest absolute Gasteiger partial charge is 0.336 e. The van der Waals surface area contributed by atoms with Crippen LogP contribution < -0.4 is 10.5 Å². The minimum atomic E-state index is -0.319. The average Bonchev–Trinajstić information content (AvgIpc) is 2.53. The van der Waals surface area contributed by atoms with E-state index in [-0.39, 0.29) is 11.4 Å². The van der Waals surface area contributed by atoms with Crippen molar-refractivity contribution in [2.75, 3.05) is 7.05 Å². The number of fused-ring (bicyclic) bond motifs is 1. The Kier molecular flexibility index (Phi) is 4.49. The van der Waals surface area contributed by atoms with Gasteiger partial charge in [-0.1, -0.05) is 24.3 Å². The number of rotatable bonds is 4. The van der Waals surface area contributed by atoms with Gasteiger partial charge < -0.3 is 9.32 Å². The molecule has 0 radical (unpaired) electrons. The number of benzene rings is 2. The van der Waals surface area contributed by atoms with Crippen LogP contribution in [0.15, 0.2) is 51.7 Å². The van der Waals surface area contributed by atoms with E-state index in [0.29, 0.717) is 12.1 Å². The first kappa shape index (κ1) is 16.4. The third kappa shape index (κ3) is 3.39. The molecule has 0 aliphatic rings. The lowest BCUT2D eigenvalue weighted by Gasteiger charge is -2.16. The van der Waals surface area contributed by atoms with Crippen molar-refractivity contribution in [2.45, 2.75) is 26.9 Å². The van der Waals surface area contributed by atoms with Crippen LogP contribution in [0.4, 0.5) is 4.39 Å². The maximum Gasteiger partial charge on any atom is 0.336 e. The van der Waals surface area contributed by atoms with Gasteiger partial charge >= 0.3 is 5.63 Å². The highest BCUT2D eigenvalue weighted by Gasteiger charge is 2.13. The number of halogens is 1. The highest BCUT2D eigenvalue weighted by molar-refractivity contribution is 5.83. The highest BCUT2D eigenvalue weighted by Crippen LogP contribution is 2.22. The van der Waals surface area contributed by atoms with Crippen molar-refractivity contribution in [3.63, 3.8) is 0 Å². The quantitative estimate of drug-likeness (QED) is 0.748. The fourth-order valence-electron chi connectivity index (χ4n) is 3.01. The fraction of sp³-hybridized carbons (Fsp3) is 0.250. The lowest BCUT2D eigenvalue weighted by molar-refractivity contribution is -0.907. The monoisotopic (exact) mass is 326 g/mol. The van der Waals surface area contributed by atoms with Crippen LogP contribution in [-0.4, -0.2) is 7.05 Å². The van der Waals surface area contributed by atoms with E-state index in [1.165, 1.54) is 17.0 Å². The van der Waals surface area contributed by atoms with E-state index in [0.717, 1.165) is 34.2 Å². The minimum absolute atomic E-state index is 0.228. The van der Waals surface area contributed by atoms with Crippen LogP contribution in [0.3, 0.4) is 0 Å². The lowest BCUT2D eigenvalue weighted by atomic mass is 10.0. The van der Waals surface area contributed by atoms with E-state index in [9.17, 15) is 9.18 Å². The van der Waals surface area contributed by atoms with Crippen molar-refractivity contribution < 1.29 is 13.7 Å². The maximum absolute atomic E-state index is 13.0. The van der Waals surface area contributed by atoms with E-state index < -0.39 is 0 Å². The summed E-state index contributed by atoms with van der Waals surface area (Å²) in [6.07, 6.45) is 0. The molecule has 3 aromatic rings. The van der Waals surface area contributed by atoms with Gasteiger partial charge in [-0.25, -0.2) is 9.18 Å². The summed E-state index contributed by atoms with van der Waals surface area (Å²) in [5.74, 6) is -0.228. The molecule has 124 valence electrons. The van der Waals surface area contributed by atoms with E-state index in [4.69, 9.17) is 4.42 Å². The summed E-state index contributed by atoms with van der Waals surface area (Å²) < 4.78 is 18.4. The Hall–Kier alpha value is -2.46. The van der Waals surface area contributed by atoms with Gasteiger partial charge in [0.2, 0.25) is 0 Å². The molecular formula is C20H21FNO2+. The first-order valence-electron chi connectivity index (χ1n) is 8.02. The first-order chi connectivity index (χ1) is 11.4. The molecule has 3 rings (SSSR count). The van der Waals surface area contributed by atoms with Gasteiger partial charge in [-0.2, -0.15) is 0 Å². The van der Waals surface area contributed by atoms with E-state index in [1.807, 2.05) is 19.9 Å².